The predicted octanol–water partition coefficient (Wildman–Crippen LogP) is 7.08. The van der Waals surface area contributed by atoms with E-state index in [9.17, 15) is 0 Å². The SMILES string of the molecule is CCCCCCCCc1cnc(-c2ccc(OCC(Cl)C(C)CC)cc2)nc1. The monoisotopic (exact) mass is 402 g/mol. The second-order valence-corrected chi connectivity index (χ2v) is 8.23. The minimum absolute atomic E-state index is 0.0344. The maximum atomic E-state index is 6.35. The number of ether oxygens (including phenoxy) is 1. The average molecular weight is 403 g/mol. The van der Waals surface area contributed by atoms with E-state index >= 15 is 0 Å². The normalized spacial score (nSPS) is 13.3. The van der Waals surface area contributed by atoms with E-state index in [1.165, 1.54) is 44.1 Å². The van der Waals surface area contributed by atoms with Crippen molar-refractivity contribution in [2.75, 3.05) is 6.61 Å². The molecule has 0 aliphatic carbocycles. The van der Waals surface area contributed by atoms with Crippen LogP contribution in [0.25, 0.3) is 11.4 Å². The van der Waals surface area contributed by atoms with Crippen LogP contribution in [0.3, 0.4) is 0 Å². The van der Waals surface area contributed by atoms with Gasteiger partial charge in [0.2, 0.25) is 0 Å². The highest BCUT2D eigenvalue weighted by Crippen LogP contribution is 2.21. The summed E-state index contributed by atoms with van der Waals surface area (Å²) >= 11 is 6.35. The van der Waals surface area contributed by atoms with Gasteiger partial charge in [0.25, 0.3) is 0 Å². The van der Waals surface area contributed by atoms with Crippen molar-refractivity contribution < 1.29 is 4.74 Å². The molecule has 0 saturated carbocycles. The fourth-order valence-electron chi connectivity index (χ4n) is 3.04. The molecule has 0 N–H and O–H groups in total. The van der Waals surface area contributed by atoms with Gasteiger partial charge in [-0.05, 0) is 48.6 Å². The Labute approximate surface area is 175 Å². The van der Waals surface area contributed by atoms with Crippen molar-refractivity contribution in [3.8, 4) is 17.1 Å². The van der Waals surface area contributed by atoms with E-state index in [1.807, 2.05) is 36.7 Å². The standard InChI is InChI=1S/C24H35ClN2O/c1-4-6-7-8-9-10-11-20-16-26-24(27-17-20)21-12-14-22(15-13-21)28-18-23(25)19(3)5-2/h12-17,19,23H,4-11,18H2,1-3H3. The molecule has 1 heterocycles. The van der Waals surface area contributed by atoms with Crippen LogP contribution in [0.2, 0.25) is 0 Å². The summed E-state index contributed by atoms with van der Waals surface area (Å²) in [5, 5.41) is 0.0344. The number of alkyl halides is 1. The molecule has 0 fully saturated rings. The van der Waals surface area contributed by atoms with Crippen LogP contribution in [-0.4, -0.2) is 22.0 Å². The summed E-state index contributed by atoms with van der Waals surface area (Å²) in [6.07, 6.45) is 13.9. The van der Waals surface area contributed by atoms with Crippen LogP contribution < -0.4 is 4.74 Å². The Bertz CT molecular complexity index is 657. The number of rotatable bonds is 13. The van der Waals surface area contributed by atoms with E-state index in [1.54, 1.807) is 0 Å². The highest BCUT2D eigenvalue weighted by atomic mass is 35.5. The first-order valence-electron chi connectivity index (χ1n) is 10.8. The summed E-state index contributed by atoms with van der Waals surface area (Å²) in [4.78, 5) is 9.08. The van der Waals surface area contributed by atoms with Crippen LogP contribution in [0, 0.1) is 5.92 Å². The zero-order valence-corrected chi connectivity index (χ0v) is 18.4. The van der Waals surface area contributed by atoms with E-state index in [4.69, 9.17) is 16.3 Å². The number of hydrogen-bond acceptors (Lipinski definition) is 3. The van der Waals surface area contributed by atoms with Crippen molar-refractivity contribution in [3.05, 3.63) is 42.2 Å². The van der Waals surface area contributed by atoms with E-state index in [2.05, 4.69) is 30.7 Å². The third-order valence-electron chi connectivity index (χ3n) is 5.31. The van der Waals surface area contributed by atoms with E-state index < -0.39 is 0 Å². The Kier molecular flexibility index (Phi) is 10.3. The average Bonchev–Trinajstić information content (AvgIpc) is 2.74. The molecular weight excluding hydrogens is 368 g/mol. The Hall–Kier alpha value is -1.61. The highest BCUT2D eigenvalue weighted by Gasteiger charge is 2.13. The number of hydrogen-bond donors (Lipinski definition) is 0. The van der Waals surface area contributed by atoms with Crippen LogP contribution in [0.15, 0.2) is 36.7 Å². The van der Waals surface area contributed by atoms with Crippen molar-refractivity contribution in [3.63, 3.8) is 0 Å². The fourth-order valence-corrected chi connectivity index (χ4v) is 3.28. The Morgan fingerprint density at radius 2 is 1.57 bits per heavy atom. The summed E-state index contributed by atoms with van der Waals surface area (Å²) in [7, 11) is 0. The molecule has 28 heavy (non-hydrogen) atoms. The van der Waals surface area contributed by atoms with Gasteiger partial charge in [-0.1, -0.05) is 59.3 Å². The minimum Gasteiger partial charge on any atom is -0.492 e. The number of halogens is 1. The Morgan fingerprint density at radius 1 is 0.929 bits per heavy atom. The molecule has 0 radical (unpaired) electrons. The number of unbranched alkanes of at least 4 members (excludes halogenated alkanes) is 5. The summed E-state index contributed by atoms with van der Waals surface area (Å²) < 4.78 is 5.81. The number of benzene rings is 1. The van der Waals surface area contributed by atoms with Crippen molar-refractivity contribution >= 4 is 11.6 Å². The van der Waals surface area contributed by atoms with Crippen LogP contribution in [0.4, 0.5) is 0 Å². The lowest BCUT2D eigenvalue weighted by atomic mass is 10.1. The third kappa shape index (κ3) is 7.79. The van der Waals surface area contributed by atoms with Gasteiger partial charge in [-0.25, -0.2) is 9.97 Å². The minimum atomic E-state index is 0.0344. The number of aromatic nitrogens is 2. The van der Waals surface area contributed by atoms with E-state index in [0.29, 0.717) is 12.5 Å². The zero-order chi connectivity index (χ0) is 20.2. The van der Waals surface area contributed by atoms with Gasteiger partial charge >= 0.3 is 0 Å². The topological polar surface area (TPSA) is 35.0 Å². The first-order valence-corrected chi connectivity index (χ1v) is 11.3. The molecule has 2 aromatic rings. The molecule has 1 aromatic heterocycles. The molecule has 2 unspecified atom stereocenters. The smallest absolute Gasteiger partial charge is 0.159 e. The second kappa shape index (κ2) is 12.8. The number of aryl methyl sites for hydroxylation is 1. The largest absolute Gasteiger partial charge is 0.492 e. The lowest BCUT2D eigenvalue weighted by Crippen LogP contribution is -2.19. The van der Waals surface area contributed by atoms with Gasteiger partial charge in [-0.2, -0.15) is 0 Å². The highest BCUT2D eigenvalue weighted by molar-refractivity contribution is 6.20. The molecule has 0 spiro atoms. The Morgan fingerprint density at radius 3 is 2.21 bits per heavy atom. The summed E-state index contributed by atoms with van der Waals surface area (Å²) in [5.74, 6) is 2.04. The molecule has 3 nitrogen and oxygen atoms in total. The fraction of sp³-hybridized carbons (Fsp3) is 0.583. The molecule has 0 amide bonds. The molecule has 154 valence electrons. The maximum Gasteiger partial charge on any atom is 0.159 e. The molecule has 0 saturated heterocycles. The van der Waals surface area contributed by atoms with Crippen LogP contribution in [-0.2, 0) is 6.42 Å². The van der Waals surface area contributed by atoms with Crippen LogP contribution in [0.5, 0.6) is 5.75 Å². The van der Waals surface area contributed by atoms with Gasteiger partial charge in [0, 0.05) is 18.0 Å². The Balaban J connectivity index is 1.80. The molecule has 1 aromatic carbocycles. The lowest BCUT2D eigenvalue weighted by molar-refractivity contribution is 0.286. The molecule has 0 bridgehead atoms. The van der Waals surface area contributed by atoms with Gasteiger partial charge in [-0.3, -0.25) is 0 Å². The first-order chi connectivity index (χ1) is 13.6. The lowest BCUT2D eigenvalue weighted by Gasteiger charge is -2.16. The molecular formula is C24H35ClN2O. The van der Waals surface area contributed by atoms with Crippen molar-refractivity contribution in [2.45, 2.75) is 77.5 Å². The summed E-state index contributed by atoms with van der Waals surface area (Å²) in [6, 6.07) is 7.93. The molecule has 2 rings (SSSR count). The van der Waals surface area contributed by atoms with E-state index in [-0.39, 0.29) is 5.38 Å². The predicted molar refractivity (Wildman–Crippen MR) is 119 cm³/mol. The third-order valence-corrected chi connectivity index (χ3v) is 5.86. The van der Waals surface area contributed by atoms with Gasteiger partial charge in [0.15, 0.2) is 5.82 Å². The quantitative estimate of drug-likeness (QED) is 0.265. The van der Waals surface area contributed by atoms with Gasteiger partial charge < -0.3 is 4.74 Å². The van der Waals surface area contributed by atoms with Gasteiger partial charge in [0.1, 0.15) is 12.4 Å². The molecule has 0 aliphatic rings. The van der Waals surface area contributed by atoms with Crippen molar-refractivity contribution in [2.24, 2.45) is 5.92 Å². The van der Waals surface area contributed by atoms with Crippen molar-refractivity contribution in [1.82, 2.24) is 9.97 Å². The molecule has 4 heteroatoms. The maximum absolute atomic E-state index is 6.35. The zero-order valence-electron chi connectivity index (χ0n) is 17.7. The first kappa shape index (κ1) is 22.7. The van der Waals surface area contributed by atoms with E-state index in [0.717, 1.165) is 30.0 Å². The van der Waals surface area contributed by atoms with Crippen LogP contribution >= 0.6 is 11.6 Å². The summed E-state index contributed by atoms with van der Waals surface area (Å²) in [6.45, 7) is 7.08. The summed E-state index contributed by atoms with van der Waals surface area (Å²) in [5.41, 5.74) is 2.22. The van der Waals surface area contributed by atoms with Crippen LogP contribution in [0.1, 0.15) is 71.3 Å². The number of nitrogens with zero attached hydrogens (tertiary/aromatic N) is 2. The van der Waals surface area contributed by atoms with Gasteiger partial charge in [0.05, 0.1) is 5.38 Å². The van der Waals surface area contributed by atoms with Gasteiger partial charge in [-0.15, -0.1) is 11.6 Å². The molecule has 0 aliphatic heterocycles. The van der Waals surface area contributed by atoms with Crippen molar-refractivity contribution in [1.29, 1.82) is 0 Å². The second-order valence-electron chi connectivity index (χ2n) is 7.67. The molecule has 2 atom stereocenters.